The van der Waals surface area contributed by atoms with E-state index in [1.807, 2.05) is 19.1 Å². The van der Waals surface area contributed by atoms with Crippen LogP contribution in [0, 0.1) is 0 Å². The minimum absolute atomic E-state index is 0.0368. The molecule has 2 nitrogen and oxygen atoms in total. The molecule has 0 bridgehead atoms. The van der Waals surface area contributed by atoms with Gasteiger partial charge in [-0.25, -0.2) is 4.98 Å². The fourth-order valence-electron chi connectivity index (χ4n) is 1.66. The molecule has 1 heterocycles. The van der Waals surface area contributed by atoms with Gasteiger partial charge in [0.05, 0.1) is 33.0 Å². The molecular weight excluding hydrogens is 326 g/mol. The molecule has 1 N–H and O–H groups in total. The lowest BCUT2D eigenvalue weighted by atomic mass is 10.1. The Morgan fingerprint density at radius 2 is 1.74 bits per heavy atom. The highest BCUT2D eigenvalue weighted by Crippen LogP contribution is 2.36. The zero-order valence-electron chi connectivity index (χ0n) is 9.92. The molecule has 2 aromatic rings. The Bertz CT molecular complexity index is 584. The molecule has 19 heavy (non-hydrogen) atoms. The van der Waals surface area contributed by atoms with Crippen LogP contribution in [-0.2, 0) is 0 Å². The van der Waals surface area contributed by atoms with Crippen LogP contribution >= 0.6 is 46.4 Å². The van der Waals surface area contributed by atoms with Gasteiger partial charge in [0, 0.05) is 0 Å². The van der Waals surface area contributed by atoms with Crippen molar-refractivity contribution >= 4 is 52.1 Å². The van der Waals surface area contributed by atoms with E-state index in [1.165, 1.54) is 0 Å². The Hall–Kier alpha value is -0.670. The lowest BCUT2D eigenvalue weighted by molar-refractivity contribution is 0.883. The molecule has 1 aromatic carbocycles. The molecular formula is C13H10Cl4N2. The van der Waals surface area contributed by atoms with Crippen LogP contribution in [0.15, 0.2) is 30.5 Å². The third-order valence-corrected chi connectivity index (χ3v) is 4.17. The zero-order chi connectivity index (χ0) is 14.0. The van der Waals surface area contributed by atoms with Crippen molar-refractivity contribution in [3.63, 3.8) is 0 Å². The number of rotatable bonds is 3. The number of nitrogens with one attached hydrogen (secondary N) is 1. The van der Waals surface area contributed by atoms with Gasteiger partial charge in [-0.3, -0.25) is 0 Å². The lowest BCUT2D eigenvalue weighted by Gasteiger charge is -2.17. The Morgan fingerprint density at radius 3 is 2.37 bits per heavy atom. The maximum Gasteiger partial charge on any atom is 0.129 e. The SMILES string of the molecule is CC(Nc1ccc(Cl)nc1)c1ccc(Cl)c(Cl)c1Cl. The van der Waals surface area contributed by atoms with Gasteiger partial charge in [0.2, 0.25) is 0 Å². The Labute approximate surface area is 131 Å². The predicted molar refractivity (Wildman–Crippen MR) is 82.8 cm³/mol. The zero-order valence-corrected chi connectivity index (χ0v) is 12.9. The van der Waals surface area contributed by atoms with E-state index in [9.17, 15) is 0 Å². The van der Waals surface area contributed by atoms with Gasteiger partial charge in [-0.15, -0.1) is 0 Å². The Morgan fingerprint density at radius 1 is 1.00 bits per heavy atom. The van der Waals surface area contributed by atoms with Crippen molar-refractivity contribution in [1.29, 1.82) is 0 Å². The molecule has 0 radical (unpaired) electrons. The first kappa shape index (κ1) is 14.7. The van der Waals surface area contributed by atoms with Crippen molar-refractivity contribution in [2.24, 2.45) is 0 Å². The van der Waals surface area contributed by atoms with Gasteiger partial charge in [0.15, 0.2) is 0 Å². The fraction of sp³-hybridized carbons (Fsp3) is 0.154. The normalized spacial score (nSPS) is 12.3. The monoisotopic (exact) mass is 334 g/mol. The van der Waals surface area contributed by atoms with Crippen molar-refractivity contribution in [3.05, 3.63) is 56.2 Å². The van der Waals surface area contributed by atoms with E-state index in [4.69, 9.17) is 46.4 Å². The minimum Gasteiger partial charge on any atom is -0.377 e. The summed E-state index contributed by atoms with van der Waals surface area (Å²) in [5, 5.41) is 4.98. The van der Waals surface area contributed by atoms with Gasteiger partial charge in [-0.1, -0.05) is 52.5 Å². The number of nitrogens with zero attached hydrogens (tertiary/aromatic N) is 1. The molecule has 0 aliphatic heterocycles. The van der Waals surface area contributed by atoms with Crippen molar-refractivity contribution in [3.8, 4) is 0 Å². The van der Waals surface area contributed by atoms with Crippen LogP contribution < -0.4 is 5.32 Å². The number of pyridine rings is 1. The standard InChI is InChI=1S/C13H10Cl4N2/c1-7(19-8-2-5-11(15)18-6-8)9-3-4-10(14)13(17)12(9)16/h2-7,19H,1H3. The summed E-state index contributed by atoms with van der Waals surface area (Å²) in [6.07, 6.45) is 1.66. The van der Waals surface area contributed by atoms with Crippen molar-refractivity contribution in [2.45, 2.75) is 13.0 Å². The van der Waals surface area contributed by atoms with Crippen LogP contribution in [0.5, 0.6) is 0 Å². The molecule has 1 atom stereocenters. The van der Waals surface area contributed by atoms with E-state index in [2.05, 4.69) is 10.3 Å². The first-order chi connectivity index (χ1) is 8.99. The van der Waals surface area contributed by atoms with Crippen molar-refractivity contribution in [2.75, 3.05) is 5.32 Å². The summed E-state index contributed by atoms with van der Waals surface area (Å²) in [7, 11) is 0. The van der Waals surface area contributed by atoms with E-state index in [1.54, 1.807) is 18.3 Å². The summed E-state index contributed by atoms with van der Waals surface area (Å²) in [6.45, 7) is 1.97. The third kappa shape index (κ3) is 3.46. The maximum atomic E-state index is 6.19. The number of halogens is 4. The fourth-order valence-corrected chi connectivity index (χ4v) is 2.48. The molecule has 100 valence electrons. The summed E-state index contributed by atoms with van der Waals surface area (Å²) >= 11 is 23.9. The molecule has 0 amide bonds. The van der Waals surface area contributed by atoms with Crippen LogP contribution in [0.4, 0.5) is 5.69 Å². The lowest BCUT2D eigenvalue weighted by Crippen LogP contribution is -2.07. The van der Waals surface area contributed by atoms with E-state index in [0.29, 0.717) is 20.2 Å². The van der Waals surface area contributed by atoms with Gasteiger partial charge in [0.1, 0.15) is 5.15 Å². The number of hydrogen-bond acceptors (Lipinski definition) is 2. The molecule has 0 fully saturated rings. The molecule has 0 spiro atoms. The number of benzene rings is 1. The molecule has 0 aliphatic rings. The minimum atomic E-state index is -0.0368. The van der Waals surface area contributed by atoms with Gasteiger partial charge in [0.25, 0.3) is 0 Å². The van der Waals surface area contributed by atoms with Crippen LogP contribution in [-0.4, -0.2) is 4.98 Å². The summed E-state index contributed by atoms with van der Waals surface area (Å²) in [5.41, 5.74) is 1.71. The van der Waals surface area contributed by atoms with Gasteiger partial charge in [-0.05, 0) is 30.7 Å². The summed E-state index contributed by atoms with van der Waals surface area (Å²) in [6, 6.07) is 7.09. The summed E-state index contributed by atoms with van der Waals surface area (Å²) in [5.74, 6) is 0. The predicted octanol–water partition coefficient (Wildman–Crippen LogP) is 5.87. The van der Waals surface area contributed by atoms with Crippen LogP contribution in [0.1, 0.15) is 18.5 Å². The van der Waals surface area contributed by atoms with E-state index < -0.39 is 0 Å². The molecule has 6 heteroatoms. The molecule has 2 rings (SSSR count). The molecule has 0 aliphatic carbocycles. The first-order valence-corrected chi connectivity index (χ1v) is 7.01. The summed E-state index contributed by atoms with van der Waals surface area (Å²) < 4.78 is 0. The average molecular weight is 336 g/mol. The highest BCUT2D eigenvalue weighted by atomic mass is 35.5. The van der Waals surface area contributed by atoms with Crippen LogP contribution in [0.2, 0.25) is 20.2 Å². The quantitative estimate of drug-likeness (QED) is 0.560. The largest absolute Gasteiger partial charge is 0.377 e. The maximum absolute atomic E-state index is 6.19. The van der Waals surface area contributed by atoms with Crippen molar-refractivity contribution < 1.29 is 0 Å². The second-order valence-electron chi connectivity index (χ2n) is 4.00. The second kappa shape index (κ2) is 6.19. The van der Waals surface area contributed by atoms with Gasteiger partial charge < -0.3 is 5.32 Å². The molecule has 1 unspecified atom stereocenters. The van der Waals surface area contributed by atoms with Crippen LogP contribution in [0.25, 0.3) is 0 Å². The topological polar surface area (TPSA) is 24.9 Å². The van der Waals surface area contributed by atoms with E-state index >= 15 is 0 Å². The number of anilines is 1. The second-order valence-corrected chi connectivity index (χ2v) is 5.55. The first-order valence-electron chi connectivity index (χ1n) is 5.50. The number of hydrogen-bond donors (Lipinski definition) is 1. The highest BCUT2D eigenvalue weighted by Gasteiger charge is 2.14. The van der Waals surface area contributed by atoms with Gasteiger partial charge >= 0.3 is 0 Å². The van der Waals surface area contributed by atoms with E-state index in [-0.39, 0.29) is 6.04 Å². The average Bonchev–Trinajstić information content (AvgIpc) is 2.39. The Kier molecular flexibility index (Phi) is 4.80. The number of aromatic nitrogens is 1. The highest BCUT2D eigenvalue weighted by molar-refractivity contribution is 6.48. The van der Waals surface area contributed by atoms with Crippen molar-refractivity contribution in [1.82, 2.24) is 4.98 Å². The third-order valence-electron chi connectivity index (χ3n) is 2.64. The molecule has 1 aromatic heterocycles. The van der Waals surface area contributed by atoms with E-state index in [0.717, 1.165) is 11.3 Å². The summed E-state index contributed by atoms with van der Waals surface area (Å²) in [4.78, 5) is 4.00. The van der Waals surface area contributed by atoms with Crippen LogP contribution in [0.3, 0.4) is 0 Å². The molecule has 0 saturated carbocycles. The smallest absolute Gasteiger partial charge is 0.129 e. The van der Waals surface area contributed by atoms with Gasteiger partial charge in [-0.2, -0.15) is 0 Å². The molecule has 0 saturated heterocycles. The Balaban J connectivity index is 2.23.